The second-order valence-electron chi connectivity index (χ2n) is 4.01. The van der Waals surface area contributed by atoms with Crippen LogP contribution < -0.4 is 5.32 Å². The minimum Gasteiger partial charge on any atom is -0.481 e. The number of carboxylic acid groups (broad SMARTS) is 1. The van der Waals surface area contributed by atoms with Crippen molar-refractivity contribution in [2.75, 3.05) is 26.3 Å². The van der Waals surface area contributed by atoms with Gasteiger partial charge in [0.15, 0.2) is 0 Å². The van der Waals surface area contributed by atoms with Crippen LogP contribution in [0.1, 0.15) is 6.92 Å². The molecule has 12 heavy (non-hydrogen) atoms. The van der Waals surface area contributed by atoms with Crippen LogP contribution in [0, 0.1) is 10.8 Å². The number of ether oxygens (including phenoxy) is 1. The van der Waals surface area contributed by atoms with Gasteiger partial charge in [-0.05, 0) is 6.92 Å². The molecule has 0 saturated carbocycles. The maximum Gasteiger partial charge on any atom is 0.311 e. The van der Waals surface area contributed by atoms with Gasteiger partial charge in [-0.2, -0.15) is 0 Å². The lowest BCUT2D eigenvalue weighted by atomic mass is 9.65. The number of carbonyl (C=O) groups is 1. The van der Waals surface area contributed by atoms with Crippen LogP contribution in [0.3, 0.4) is 0 Å². The SMILES string of the molecule is CC1(C(=O)O)CNCC12COC2. The monoisotopic (exact) mass is 171 g/mol. The van der Waals surface area contributed by atoms with Crippen LogP contribution in [-0.2, 0) is 9.53 Å². The molecule has 0 amide bonds. The van der Waals surface area contributed by atoms with Crippen LogP contribution in [-0.4, -0.2) is 37.4 Å². The molecular formula is C8H13NO3. The van der Waals surface area contributed by atoms with Gasteiger partial charge in [0.25, 0.3) is 0 Å². The Morgan fingerprint density at radius 2 is 2.17 bits per heavy atom. The van der Waals surface area contributed by atoms with Crippen molar-refractivity contribution >= 4 is 5.97 Å². The van der Waals surface area contributed by atoms with Gasteiger partial charge < -0.3 is 15.2 Å². The highest BCUT2D eigenvalue weighted by Gasteiger charge is 2.60. The van der Waals surface area contributed by atoms with Crippen molar-refractivity contribution in [3.05, 3.63) is 0 Å². The summed E-state index contributed by atoms with van der Waals surface area (Å²) in [7, 11) is 0. The highest BCUT2D eigenvalue weighted by molar-refractivity contribution is 5.76. The third-order valence-electron chi connectivity index (χ3n) is 3.34. The van der Waals surface area contributed by atoms with Crippen LogP contribution in [0.2, 0.25) is 0 Å². The molecule has 1 spiro atoms. The summed E-state index contributed by atoms with van der Waals surface area (Å²) in [5.41, 5.74) is -0.774. The molecule has 0 bridgehead atoms. The molecule has 0 aromatic carbocycles. The summed E-state index contributed by atoms with van der Waals surface area (Å²) in [6.45, 7) is 4.31. The van der Waals surface area contributed by atoms with E-state index in [4.69, 9.17) is 9.84 Å². The van der Waals surface area contributed by atoms with E-state index in [1.807, 2.05) is 0 Å². The normalized spacial score (nSPS) is 38.1. The number of hydrogen-bond acceptors (Lipinski definition) is 3. The molecule has 2 heterocycles. The molecule has 0 aliphatic carbocycles. The fourth-order valence-electron chi connectivity index (χ4n) is 2.01. The summed E-state index contributed by atoms with van der Waals surface area (Å²) in [6, 6.07) is 0. The Morgan fingerprint density at radius 3 is 2.50 bits per heavy atom. The van der Waals surface area contributed by atoms with Gasteiger partial charge in [-0.3, -0.25) is 4.79 Å². The minimum absolute atomic E-state index is 0.140. The quantitative estimate of drug-likeness (QED) is 0.568. The molecule has 0 aromatic heterocycles. The molecule has 1 unspecified atom stereocenters. The fraction of sp³-hybridized carbons (Fsp3) is 0.875. The molecule has 2 rings (SSSR count). The largest absolute Gasteiger partial charge is 0.481 e. The predicted octanol–water partition coefficient (Wildman–Crippen LogP) is -0.303. The molecule has 0 radical (unpaired) electrons. The number of rotatable bonds is 1. The fourth-order valence-corrected chi connectivity index (χ4v) is 2.01. The summed E-state index contributed by atoms with van der Waals surface area (Å²) in [4.78, 5) is 11.0. The van der Waals surface area contributed by atoms with Crippen molar-refractivity contribution < 1.29 is 14.6 Å². The van der Waals surface area contributed by atoms with Gasteiger partial charge in [0.2, 0.25) is 0 Å². The third-order valence-corrected chi connectivity index (χ3v) is 3.34. The summed E-state index contributed by atoms with van der Waals surface area (Å²) >= 11 is 0. The number of nitrogens with one attached hydrogen (secondary N) is 1. The molecule has 2 aliphatic heterocycles. The topological polar surface area (TPSA) is 58.6 Å². The predicted molar refractivity (Wildman–Crippen MR) is 41.9 cm³/mol. The first kappa shape index (κ1) is 8.01. The Balaban J connectivity index is 2.29. The molecule has 0 aromatic rings. The van der Waals surface area contributed by atoms with Crippen molar-refractivity contribution in [2.45, 2.75) is 6.92 Å². The molecule has 68 valence electrons. The first-order chi connectivity index (χ1) is 5.61. The van der Waals surface area contributed by atoms with E-state index in [1.165, 1.54) is 0 Å². The van der Waals surface area contributed by atoms with E-state index in [0.717, 1.165) is 6.54 Å². The van der Waals surface area contributed by atoms with Gasteiger partial charge >= 0.3 is 5.97 Å². The summed E-state index contributed by atoms with van der Waals surface area (Å²) in [6.07, 6.45) is 0. The molecule has 2 aliphatic rings. The van der Waals surface area contributed by atoms with E-state index < -0.39 is 11.4 Å². The van der Waals surface area contributed by atoms with E-state index >= 15 is 0 Å². The summed E-state index contributed by atoms with van der Waals surface area (Å²) in [5, 5.41) is 12.2. The van der Waals surface area contributed by atoms with E-state index in [2.05, 4.69) is 5.32 Å². The zero-order valence-corrected chi connectivity index (χ0v) is 7.09. The second-order valence-corrected chi connectivity index (χ2v) is 4.01. The molecule has 1 atom stereocenters. The van der Waals surface area contributed by atoms with Gasteiger partial charge in [-0.25, -0.2) is 0 Å². The lowest BCUT2D eigenvalue weighted by molar-refractivity contribution is -0.184. The van der Waals surface area contributed by atoms with Crippen molar-refractivity contribution in [3.8, 4) is 0 Å². The molecule has 2 fully saturated rings. The highest BCUT2D eigenvalue weighted by atomic mass is 16.5. The van der Waals surface area contributed by atoms with Gasteiger partial charge in [0.05, 0.1) is 18.6 Å². The van der Waals surface area contributed by atoms with E-state index in [1.54, 1.807) is 6.92 Å². The number of aliphatic carboxylic acids is 1. The Kier molecular flexibility index (Phi) is 1.47. The Morgan fingerprint density at radius 1 is 1.50 bits per heavy atom. The van der Waals surface area contributed by atoms with Crippen LogP contribution >= 0.6 is 0 Å². The van der Waals surface area contributed by atoms with Gasteiger partial charge in [-0.1, -0.05) is 0 Å². The van der Waals surface area contributed by atoms with Gasteiger partial charge in [-0.15, -0.1) is 0 Å². The first-order valence-electron chi connectivity index (χ1n) is 4.13. The molecular weight excluding hydrogens is 158 g/mol. The molecule has 4 heteroatoms. The van der Waals surface area contributed by atoms with E-state index in [0.29, 0.717) is 19.8 Å². The maximum atomic E-state index is 11.0. The average molecular weight is 171 g/mol. The Labute approximate surface area is 70.9 Å². The Bertz CT molecular complexity index is 224. The maximum absolute atomic E-state index is 11.0. The van der Waals surface area contributed by atoms with E-state index in [9.17, 15) is 4.79 Å². The molecule has 4 nitrogen and oxygen atoms in total. The van der Waals surface area contributed by atoms with E-state index in [-0.39, 0.29) is 5.41 Å². The average Bonchev–Trinajstić information content (AvgIpc) is 2.26. The Hall–Kier alpha value is -0.610. The minimum atomic E-state index is -0.712. The van der Waals surface area contributed by atoms with Crippen LogP contribution in [0.4, 0.5) is 0 Å². The van der Waals surface area contributed by atoms with Crippen molar-refractivity contribution in [1.29, 1.82) is 0 Å². The number of hydrogen-bond donors (Lipinski definition) is 2. The summed E-state index contributed by atoms with van der Waals surface area (Å²) in [5.74, 6) is -0.712. The van der Waals surface area contributed by atoms with Gasteiger partial charge in [0.1, 0.15) is 0 Å². The van der Waals surface area contributed by atoms with Crippen molar-refractivity contribution in [3.63, 3.8) is 0 Å². The molecule has 2 saturated heterocycles. The highest BCUT2D eigenvalue weighted by Crippen LogP contribution is 2.47. The zero-order valence-electron chi connectivity index (χ0n) is 7.09. The van der Waals surface area contributed by atoms with Crippen LogP contribution in [0.15, 0.2) is 0 Å². The smallest absolute Gasteiger partial charge is 0.311 e. The van der Waals surface area contributed by atoms with Crippen molar-refractivity contribution in [2.24, 2.45) is 10.8 Å². The lowest BCUT2D eigenvalue weighted by Crippen LogP contribution is -2.56. The zero-order chi connectivity index (χ0) is 8.82. The van der Waals surface area contributed by atoms with Crippen molar-refractivity contribution in [1.82, 2.24) is 5.32 Å². The first-order valence-corrected chi connectivity index (χ1v) is 4.13. The van der Waals surface area contributed by atoms with Gasteiger partial charge in [0, 0.05) is 18.5 Å². The second kappa shape index (κ2) is 2.20. The third kappa shape index (κ3) is 0.716. The molecule has 2 N–H and O–H groups in total. The standard InChI is InChI=1S/C8H13NO3/c1-7(6(10)11)2-9-3-8(7)4-12-5-8/h9H,2-5H2,1H3,(H,10,11). The lowest BCUT2D eigenvalue weighted by Gasteiger charge is -2.46. The number of carboxylic acids is 1. The van der Waals surface area contributed by atoms with Crippen LogP contribution in [0.25, 0.3) is 0 Å². The summed E-state index contributed by atoms with van der Waals surface area (Å²) < 4.78 is 5.10. The van der Waals surface area contributed by atoms with Crippen LogP contribution in [0.5, 0.6) is 0 Å².